The number of hydrogen-bond donors (Lipinski definition) is 0. The van der Waals surface area contributed by atoms with Crippen molar-refractivity contribution in [1.29, 1.82) is 0 Å². The normalized spacial score (nSPS) is 10.6. The molecule has 0 atom stereocenters. The maximum Gasteiger partial charge on any atom is 0.273 e. The third kappa shape index (κ3) is 2.92. The van der Waals surface area contributed by atoms with Crippen LogP contribution in [0.15, 0.2) is 29.3 Å². The van der Waals surface area contributed by atoms with E-state index in [-0.39, 0.29) is 27.4 Å². The Morgan fingerprint density at radius 1 is 1.30 bits per heavy atom. The molecular weight excluding hydrogens is 328 g/mol. The van der Waals surface area contributed by atoms with Crippen LogP contribution in [0.5, 0.6) is 0 Å². The summed E-state index contributed by atoms with van der Waals surface area (Å²) in [4.78, 5) is 25.6. The van der Waals surface area contributed by atoms with E-state index < -0.39 is 10.5 Å². The topological polar surface area (TPSA) is 78.0 Å². The third-order valence-electron chi connectivity index (χ3n) is 2.53. The average Bonchev–Trinajstić information content (AvgIpc) is 2.41. The molecule has 20 heavy (non-hydrogen) atoms. The van der Waals surface area contributed by atoms with E-state index in [0.29, 0.717) is 5.56 Å². The first kappa shape index (κ1) is 14.8. The van der Waals surface area contributed by atoms with Gasteiger partial charge in [-0.15, -0.1) is 0 Å². The molecule has 1 aromatic carbocycles. The SMILES string of the molecule is O=c1c(Cl)c(Cl)ncn1Cc1ccc([N+](=O)[O-])cc1Cl. The van der Waals surface area contributed by atoms with Crippen LogP contribution in [0.25, 0.3) is 0 Å². The minimum Gasteiger partial charge on any atom is -0.293 e. The van der Waals surface area contributed by atoms with Gasteiger partial charge in [0.05, 0.1) is 22.8 Å². The summed E-state index contributed by atoms with van der Waals surface area (Å²) in [6.45, 7) is 0.0829. The zero-order chi connectivity index (χ0) is 14.9. The Morgan fingerprint density at radius 2 is 2.00 bits per heavy atom. The van der Waals surface area contributed by atoms with Crippen LogP contribution in [0.1, 0.15) is 5.56 Å². The predicted molar refractivity (Wildman–Crippen MR) is 75.7 cm³/mol. The van der Waals surface area contributed by atoms with E-state index in [0.717, 1.165) is 0 Å². The van der Waals surface area contributed by atoms with Gasteiger partial charge >= 0.3 is 0 Å². The summed E-state index contributed by atoms with van der Waals surface area (Å²) in [6.07, 6.45) is 1.23. The van der Waals surface area contributed by atoms with E-state index in [1.165, 1.54) is 29.1 Å². The van der Waals surface area contributed by atoms with E-state index in [9.17, 15) is 14.9 Å². The molecular formula is C11H6Cl3N3O3. The molecule has 104 valence electrons. The third-order valence-corrected chi connectivity index (χ3v) is 3.60. The van der Waals surface area contributed by atoms with Crippen molar-refractivity contribution < 1.29 is 4.92 Å². The number of nitrogens with zero attached hydrogens (tertiary/aromatic N) is 3. The van der Waals surface area contributed by atoms with E-state index in [1.807, 2.05) is 0 Å². The quantitative estimate of drug-likeness (QED) is 0.491. The molecule has 0 N–H and O–H groups in total. The number of rotatable bonds is 3. The second kappa shape index (κ2) is 5.78. The maximum atomic E-state index is 11.8. The van der Waals surface area contributed by atoms with E-state index in [4.69, 9.17) is 34.8 Å². The van der Waals surface area contributed by atoms with Crippen molar-refractivity contribution in [2.24, 2.45) is 0 Å². The Balaban J connectivity index is 2.38. The van der Waals surface area contributed by atoms with Crippen LogP contribution in [0.4, 0.5) is 5.69 Å². The fraction of sp³-hybridized carbons (Fsp3) is 0.0909. The smallest absolute Gasteiger partial charge is 0.273 e. The van der Waals surface area contributed by atoms with Gasteiger partial charge in [0.15, 0.2) is 5.15 Å². The molecule has 2 rings (SSSR count). The molecule has 6 nitrogen and oxygen atoms in total. The van der Waals surface area contributed by atoms with Gasteiger partial charge in [-0.3, -0.25) is 19.5 Å². The summed E-state index contributed by atoms with van der Waals surface area (Å²) in [6, 6.07) is 3.99. The number of aromatic nitrogens is 2. The highest BCUT2D eigenvalue weighted by atomic mass is 35.5. The Labute approximate surface area is 127 Å². The maximum absolute atomic E-state index is 11.8. The van der Waals surface area contributed by atoms with Gasteiger partial charge in [0.2, 0.25) is 0 Å². The van der Waals surface area contributed by atoms with Crippen LogP contribution >= 0.6 is 34.8 Å². The van der Waals surface area contributed by atoms with Crippen LogP contribution in [0, 0.1) is 10.1 Å². The Hall–Kier alpha value is -1.63. The lowest BCUT2D eigenvalue weighted by molar-refractivity contribution is -0.384. The molecule has 0 unspecified atom stereocenters. The second-order valence-electron chi connectivity index (χ2n) is 3.82. The number of halogens is 3. The summed E-state index contributed by atoms with van der Waals surface area (Å²) >= 11 is 17.3. The monoisotopic (exact) mass is 333 g/mol. The molecule has 0 amide bonds. The standard InChI is InChI=1S/C11H6Cl3N3O3/c12-8-3-7(17(19)20)2-1-6(8)4-16-5-15-10(14)9(13)11(16)18/h1-3,5H,4H2. The summed E-state index contributed by atoms with van der Waals surface area (Å²) in [5.74, 6) is 0. The number of non-ortho nitro benzene ring substituents is 1. The van der Waals surface area contributed by atoms with Crippen molar-refractivity contribution in [2.75, 3.05) is 0 Å². The zero-order valence-corrected chi connectivity index (χ0v) is 12.0. The van der Waals surface area contributed by atoms with Crippen molar-refractivity contribution in [2.45, 2.75) is 6.54 Å². The molecule has 0 fully saturated rings. The molecule has 0 radical (unpaired) electrons. The van der Waals surface area contributed by atoms with Crippen LogP contribution in [0.2, 0.25) is 15.2 Å². The molecule has 1 heterocycles. The number of hydrogen-bond acceptors (Lipinski definition) is 4. The molecule has 0 spiro atoms. The summed E-state index contributed by atoms with van der Waals surface area (Å²) < 4.78 is 1.21. The van der Waals surface area contributed by atoms with Crippen molar-refractivity contribution >= 4 is 40.5 Å². The van der Waals surface area contributed by atoms with Gasteiger partial charge in [0.1, 0.15) is 5.02 Å². The molecule has 9 heteroatoms. The van der Waals surface area contributed by atoms with Gasteiger partial charge in [0.25, 0.3) is 11.2 Å². The van der Waals surface area contributed by atoms with Gasteiger partial charge in [-0.1, -0.05) is 34.8 Å². The first-order valence-electron chi connectivity index (χ1n) is 5.23. The van der Waals surface area contributed by atoms with Gasteiger partial charge < -0.3 is 0 Å². The molecule has 0 bridgehead atoms. The average molecular weight is 335 g/mol. The van der Waals surface area contributed by atoms with Gasteiger partial charge in [-0.05, 0) is 11.6 Å². The van der Waals surface area contributed by atoms with Crippen LogP contribution in [0.3, 0.4) is 0 Å². The van der Waals surface area contributed by atoms with Crippen molar-refractivity contribution in [3.63, 3.8) is 0 Å². The molecule has 0 aliphatic rings. The lowest BCUT2D eigenvalue weighted by Crippen LogP contribution is -2.21. The van der Waals surface area contributed by atoms with E-state index in [2.05, 4.69) is 4.98 Å². The molecule has 0 aliphatic heterocycles. The highest BCUT2D eigenvalue weighted by Crippen LogP contribution is 2.23. The molecule has 0 aliphatic carbocycles. The lowest BCUT2D eigenvalue weighted by Gasteiger charge is -2.07. The number of nitro groups is 1. The fourth-order valence-electron chi connectivity index (χ4n) is 1.52. The van der Waals surface area contributed by atoms with Crippen molar-refractivity contribution in [3.05, 3.63) is 65.8 Å². The van der Waals surface area contributed by atoms with Gasteiger partial charge in [-0.25, -0.2) is 4.98 Å². The van der Waals surface area contributed by atoms with Crippen molar-refractivity contribution in [1.82, 2.24) is 9.55 Å². The zero-order valence-electron chi connectivity index (χ0n) is 9.72. The first-order chi connectivity index (χ1) is 9.40. The Morgan fingerprint density at radius 3 is 2.60 bits per heavy atom. The van der Waals surface area contributed by atoms with E-state index >= 15 is 0 Å². The number of nitro benzene ring substituents is 1. The highest BCUT2D eigenvalue weighted by Gasteiger charge is 2.12. The molecule has 0 saturated carbocycles. The molecule has 2 aromatic rings. The van der Waals surface area contributed by atoms with E-state index in [1.54, 1.807) is 0 Å². The highest BCUT2D eigenvalue weighted by molar-refractivity contribution is 6.40. The minimum atomic E-state index is -0.553. The van der Waals surface area contributed by atoms with Crippen LogP contribution < -0.4 is 5.56 Å². The predicted octanol–water partition coefficient (Wildman–Crippen LogP) is 3.16. The van der Waals surface area contributed by atoms with Crippen LogP contribution in [-0.2, 0) is 6.54 Å². The Kier molecular flexibility index (Phi) is 4.27. The first-order valence-corrected chi connectivity index (χ1v) is 6.37. The molecule has 0 saturated heterocycles. The summed E-state index contributed by atoms with van der Waals surface area (Å²) in [7, 11) is 0. The summed E-state index contributed by atoms with van der Waals surface area (Å²) in [5.41, 5.74) is -0.112. The molecule has 1 aromatic heterocycles. The fourth-order valence-corrected chi connectivity index (χ4v) is 2.03. The van der Waals surface area contributed by atoms with Gasteiger partial charge in [0, 0.05) is 12.1 Å². The largest absolute Gasteiger partial charge is 0.293 e. The minimum absolute atomic E-state index is 0.0808. The second-order valence-corrected chi connectivity index (χ2v) is 4.96. The Bertz CT molecular complexity index is 745. The number of benzene rings is 1. The van der Waals surface area contributed by atoms with Gasteiger partial charge in [-0.2, -0.15) is 0 Å². The summed E-state index contributed by atoms with van der Waals surface area (Å²) in [5, 5.41) is 10.5. The van der Waals surface area contributed by atoms with Crippen molar-refractivity contribution in [3.8, 4) is 0 Å². The lowest BCUT2D eigenvalue weighted by atomic mass is 10.2. The van der Waals surface area contributed by atoms with Crippen LogP contribution in [-0.4, -0.2) is 14.5 Å².